The van der Waals surface area contributed by atoms with Gasteiger partial charge in [0.25, 0.3) is 0 Å². The number of nitroso groups, excluding NO2 is 1. The van der Waals surface area contributed by atoms with Crippen LogP contribution in [-0.2, 0) is 9.59 Å². The van der Waals surface area contributed by atoms with Crippen molar-refractivity contribution in [3.63, 3.8) is 0 Å². The van der Waals surface area contributed by atoms with Crippen molar-refractivity contribution in [1.29, 1.82) is 5.41 Å². The number of likely N-dealkylation sites (tertiary alicyclic amines) is 1. The van der Waals surface area contributed by atoms with E-state index in [-0.39, 0.29) is 29.6 Å². The van der Waals surface area contributed by atoms with Gasteiger partial charge in [0.2, 0.25) is 5.91 Å². The number of β-lactam (4-membered cyclic amide) rings is 1. The molecular formula is C17H24N4O5S. The first-order valence-corrected chi connectivity index (χ1v) is 10.0. The fraction of sp³-hybridized carbons (Fsp3) is 0.706. The van der Waals surface area contributed by atoms with Crippen LogP contribution in [0.15, 0.2) is 15.8 Å². The van der Waals surface area contributed by atoms with Crippen molar-refractivity contribution in [2.75, 3.05) is 18.8 Å². The van der Waals surface area contributed by atoms with E-state index in [4.69, 9.17) is 5.41 Å². The normalized spacial score (nSPS) is 29.4. The summed E-state index contributed by atoms with van der Waals surface area (Å²) in [5.74, 6) is -1.62. The average molecular weight is 396 g/mol. The van der Waals surface area contributed by atoms with E-state index >= 15 is 0 Å². The summed E-state index contributed by atoms with van der Waals surface area (Å²) < 4.78 is 0. The summed E-state index contributed by atoms with van der Waals surface area (Å²) in [7, 11) is 0. The Morgan fingerprint density at radius 1 is 1.41 bits per heavy atom. The van der Waals surface area contributed by atoms with Gasteiger partial charge in [-0.25, -0.2) is 4.79 Å². The number of hydrogen-bond donors (Lipinski definition) is 3. The van der Waals surface area contributed by atoms with Crippen LogP contribution in [-0.4, -0.2) is 74.8 Å². The van der Waals surface area contributed by atoms with Crippen molar-refractivity contribution >= 4 is 29.5 Å². The molecule has 3 N–H and O–H groups in total. The Kier molecular flexibility index (Phi) is 5.57. The SMILES string of the molecule is C[C@@H](O)[C@H]1C(=O)N2C(C(=O)O)=C(SCC(=N)N3CCC(N=O)CC3)[C@H](C)[C@H]12. The largest absolute Gasteiger partial charge is 0.477 e. The van der Waals surface area contributed by atoms with E-state index in [1.165, 1.54) is 16.7 Å². The third-order valence-corrected chi connectivity index (χ3v) is 6.96. The van der Waals surface area contributed by atoms with Crippen molar-refractivity contribution in [2.45, 2.75) is 44.9 Å². The summed E-state index contributed by atoms with van der Waals surface area (Å²) in [5.41, 5.74) is -0.0175. The first kappa shape index (κ1) is 19.8. The molecule has 1 amide bonds. The minimum Gasteiger partial charge on any atom is -0.477 e. The number of hydrogen-bond acceptors (Lipinski definition) is 7. The number of aliphatic hydroxyl groups excluding tert-OH is 1. The molecule has 2 saturated heterocycles. The molecule has 2 fully saturated rings. The second-order valence-electron chi connectivity index (χ2n) is 7.33. The lowest BCUT2D eigenvalue weighted by molar-refractivity contribution is -0.163. The fourth-order valence-corrected chi connectivity index (χ4v) is 5.39. The van der Waals surface area contributed by atoms with Gasteiger partial charge in [-0.2, -0.15) is 4.91 Å². The van der Waals surface area contributed by atoms with Crippen LogP contribution in [0.5, 0.6) is 0 Å². The Morgan fingerprint density at radius 2 is 2.04 bits per heavy atom. The standard InChI is InChI=1S/C17H24N4O5S/c1-8-13-12(9(2)22)16(23)21(13)14(17(24)25)15(8)27-7-11(18)20-5-3-10(19-26)4-6-20/h8-10,12-13,18,22H,3-7H2,1-2H3,(H,24,25)/t8-,9-,12-,13-/m1/s1. The van der Waals surface area contributed by atoms with E-state index in [1.807, 2.05) is 11.8 Å². The molecule has 0 aliphatic carbocycles. The van der Waals surface area contributed by atoms with Crippen LogP contribution in [0.4, 0.5) is 0 Å². The number of carbonyl (C=O) groups excluding carboxylic acids is 1. The van der Waals surface area contributed by atoms with Crippen LogP contribution in [0.3, 0.4) is 0 Å². The van der Waals surface area contributed by atoms with Crippen LogP contribution in [0.25, 0.3) is 0 Å². The zero-order valence-corrected chi connectivity index (χ0v) is 16.1. The maximum Gasteiger partial charge on any atom is 0.353 e. The number of nitrogens with one attached hydrogen (secondary N) is 1. The number of rotatable bonds is 6. The van der Waals surface area contributed by atoms with Crippen LogP contribution >= 0.6 is 11.8 Å². The van der Waals surface area contributed by atoms with Crippen molar-refractivity contribution in [1.82, 2.24) is 9.80 Å². The Morgan fingerprint density at radius 3 is 2.56 bits per heavy atom. The predicted molar refractivity (Wildman–Crippen MR) is 100 cm³/mol. The number of fused-ring (bicyclic) bond motifs is 1. The minimum absolute atomic E-state index is 0.0175. The monoisotopic (exact) mass is 396 g/mol. The molecule has 10 heteroatoms. The highest BCUT2D eigenvalue weighted by Crippen LogP contribution is 2.50. The Bertz CT molecular complexity index is 701. The number of carboxylic acid groups (broad SMARTS) is 1. The Hall–Kier alpha value is -1.94. The van der Waals surface area contributed by atoms with E-state index in [1.54, 1.807) is 6.92 Å². The average Bonchev–Trinajstić information content (AvgIpc) is 2.88. The van der Waals surface area contributed by atoms with Gasteiger partial charge in [-0.15, -0.1) is 11.8 Å². The molecule has 0 bridgehead atoms. The molecule has 3 rings (SSSR count). The predicted octanol–water partition coefficient (Wildman–Crippen LogP) is 1.08. The van der Waals surface area contributed by atoms with Gasteiger partial charge < -0.3 is 20.0 Å². The molecule has 0 aromatic carbocycles. The molecule has 27 heavy (non-hydrogen) atoms. The van der Waals surface area contributed by atoms with Gasteiger partial charge in [-0.05, 0) is 19.8 Å². The van der Waals surface area contributed by atoms with Gasteiger partial charge in [0.05, 0.1) is 29.9 Å². The number of carboxylic acids is 1. The summed E-state index contributed by atoms with van der Waals surface area (Å²) >= 11 is 1.27. The second-order valence-corrected chi connectivity index (χ2v) is 8.35. The number of nitrogens with zero attached hydrogens (tertiary/aromatic N) is 3. The maximum absolute atomic E-state index is 12.3. The molecule has 9 nitrogen and oxygen atoms in total. The molecule has 4 atom stereocenters. The van der Waals surface area contributed by atoms with E-state index in [0.717, 1.165) is 0 Å². The molecule has 0 radical (unpaired) electrons. The van der Waals surface area contributed by atoms with Crippen molar-refractivity contribution in [3.8, 4) is 0 Å². The lowest BCUT2D eigenvalue weighted by Gasteiger charge is -2.46. The van der Waals surface area contributed by atoms with E-state index in [0.29, 0.717) is 42.4 Å². The summed E-state index contributed by atoms with van der Waals surface area (Å²) in [4.78, 5) is 38.4. The van der Waals surface area contributed by atoms with Gasteiger partial charge in [0.15, 0.2) is 0 Å². The van der Waals surface area contributed by atoms with E-state index in [9.17, 15) is 24.7 Å². The van der Waals surface area contributed by atoms with Crippen LogP contribution in [0, 0.1) is 22.2 Å². The van der Waals surface area contributed by atoms with Gasteiger partial charge in [-0.1, -0.05) is 12.1 Å². The van der Waals surface area contributed by atoms with Crippen molar-refractivity contribution in [3.05, 3.63) is 15.5 Å². The highest BCUT2D eigenvalue weighted by molar-refractivity contribution is 8.03. The summed E-state index contributed by atoms with van der Waals surface area (Å²) in [6.07, 6.45) is 0.416. The molecule has 0 aromatic rings. The number of thioether (sulfide) groups is 1. The van der Waals surface area contributed by atoms with Crippen molar-refractivity contribution in [2.24, 2.45) is 17.0 Å². The van der Waals surface area contributed by atoms with Crippen LogP contribution < -0.4 is 0 Å². The number of aliphatic carboxylic acids is 1. The quantitative estimate of drug-likeness (QED) is 0.265. The Labute approximate surface area is 161 Å². The van der Waals surface area contributed by atoms with Crippen molar-refractivity contribution < 1.29 is 19.8 Å². The molecule has 3 aliphatic heterocycles. The Balaban J connectivity index is 1.68. The first-order chi connectivity index (χ1) is 12.8. The molecule has 0 spiro atoms. The minimum atomic E-state index is -1.16. The van der Waals surface area contributed by atoms with Gasteiger partial charge in [0.1, 0.15) is 11.5 Å². The maximum atomic E-state index is 12.3. The highest BCUT2D eigenvalue weighted by Gasteiger charge is 2.59. The molecule has 0 aromatic heterocycles. The topological polar surface area (TPSA) is 134 Å². The number of aliphatic hydroxyl groups is 1. The summed E-state index contributed by atoms with van der Waals surface area (Å²) in [5, 5.41) is 30.8. The number of piperidine rings is 1. The third-order valence-electron chi connectivity index (χ3n) is 5.67. The zero-order chi connectivity index (χ0) is 19.9. The van der Waals surface area contributed by atoms with Gasteiger partial charge >= 0.3 is 5.97 Å². The summed E-state index contributed by atoms with van der Waals surface area (Å²) in [6.45, 7) is 4.59. The van der Waals surface area contributed by atoms with Gasteiger partial charge in [0, 0.05) is 23.9 Å². The van der Waals surface area contributed by atoms with Gasteiger partial charge in [-0.3, -0.25) is 10.2 Å². The molecular weight excluding hydrogens is 372 g/mol. The van der Waals surface area contributed by atoms with Crippen LogP contribution in [0.1, 0.15) is 26.7 Å². The molecule has 3 heterocycles. The van der Waals surface area contributed by atoms with E-state index in [2.05, 4.69) is 5.18 Å². The number of carbonyl (C=O) groups is 2. The first-order valence-electron chi connectivity index (χ1n) is 9.04. The smallest absolute Gasteiger partial charge is 0.353 e. The second kappa shape index (κ2) is 7.59. The number of amidine groups is 1. The molecule has 3 aliphatic rings. The third kappa shape index (κ3) is 3.36. The number of amides is 1. The van der Waals surface area contributed by atoms with Crippen LogP contribution in [0.2, 0.25) is 0 Å². The molecule has 148 valence electrons. The fourth-order valence-electron chi connectivity index (χ4n) is 4.19. The lowest BCUT2D eigenvalue weighted by Crippen LogP contribution is -2.63. The molecule has 0 unspecified atom stereocenters. The lowest BCUT2D eigenvalue weighted by atomic mass is 9.79. The highest BCUT2D eigenvalue weighted by atomic mass is 32.2. The zero-order valence-electron chi connectivity index (χ0n) is 15.3. The molecule has 0 saturated carbocycles. The summed E-state index contributed by atoms with van der Waals surface area (Å²) in [6, 6.07) is -0.528. The van der Waals surface area contributed by atoms with E-state index < -0.39 is 18.0 Å².